The number of hydrogen-bond acceptors (Lipinski definition) is 2. The number of aldehydes is 1. The van der Waals surface area contributed by atoms with Gasteiger partial charge in [0.15, 0.2) is 0 Å². The van der Waals surface area contributed by atoms with E-state index in [1.807, 2.05) is 13.8 Å². The maximum absolute atomic E-state index is 9.92. The zero-order chi connectivity index (χ0) is 6.57. The molecule has 0 fully saturated rings. The normalized spacial score (nSPS) is 7.33. The molecule has 0 aliphatic carbocycles. The number of rotatable bonds is 2. The quantitative estimate of drug-likeness (QED) is 0.247. The molecule has 0 aliphatic heterocycles. The van der Waals surface area contributed by atoms with Gasteiger partial charge in [-0.1, -0.05) is 19.9 Å². The van der Waals surface area contributed by atoms with E-state index in [2.05, 4.69) is 0 Å². The maximum atomic E-state index is 9.92. The average Bonchev–Trinajstić information content (AvgIpc) is 1.69. The van der Waals surface area contributed by atoms with E-state index in [0.29, 0.717) is 12.2 Å². The van der Waals surface area contributed by atoms with Crippen LogP contribution in [-0.2, 0) is 4.79 Å². The molecule has 0 aliphatic rings. The van der Waals surface area contributed by atoms with Gasteiger partial charge in [-0.3, -0.25) is 0 Å². The monoisotopic (exact) mass is 133 g/mol. The Balaban J connectivity index is 0. The second kappa shape index (κ2) is 6.15. The van der Waals surface area contributed by atoms with Gasteiger partial charge in [0.25, 0.3) is 0 Å². The van der Waals surface area contributed by atoms with Gasteiger partial charge in [-0.2, -0.15) is 0 Å². The van der Waals surface area contributed by atoms with Crippen LogP contribution in [0.1, 0.15) is 13.8 Å². The summed E-state index contributed by atoms with van der Waals surface area (Å²) < 4.78 is 0. The maximum Gasteiger partial charge on any atom is 1.00 e. The summed E-state index contributed by atoms with van der Waals surface area (Å²) in [6, 6.07) is 1.80. The molecule has 0 spiro atoms. The Hall–Kier alpha value is 0.0300. The fourth-order valence-electron chi connectivity index (χ4n) is 0.292. The number of hydrogen-bond donors (Lipinski definition) is 0. The first-order valence-corrected chi connectivity index (χ1v) is 2.44. The zero-order valence-corrected chi connectivity index (χ0v) is 8.01. The second-order valence-electron chi connectivity index (χ2n) is 1.84. The van der Waals surface area contributed by atoms with Crippen molar-refractivity contribution >= 4 is 6.29 Å². The summed E-state index contributed by atoms with van der Waals surface area (Å²) in [6.07, 6.45) is 0.602. The molecule has 44 valence electrons. The molecule has 2 nitrogen and oxygen atoms in total. The third-order valence-electron chi connectivity index (χ3n) is 0.878. The first-order chi connectivity index (χ1) is 3.72. The molecular formula is C6H8NNaO. The van der Waals surface area contributed by atoms with Crippen LogP contribution < -0.4 is 29.6 Å². The first-order valence-electron chi connectivity index (χ1n) is 2.44. The third kappa shape index (κ3) is 4.53. The number of carbonyl (C=O) groups excluding carboxylic acids is 1. The minimum absolute atomic E-state index is 0. The van der Waals surface area contributed by atoms with Crippen LogP contribution in [0.15, 0.2) is 0 Å². The smallest absolute Gasteiger partial charge is 0.337 e. The van der Waals surface area contributed by atoms with Gasteiger partial charge < -0.3 is 4.79 Å². The first kappa shape index (κ1) is 11.8. The molecule has 0 radical (unpaired) electrons. The van der Waals surface area contributed by atoms with Gasteiger partial charge >= 0.3 is 29.6 Å². The predicted molar refractivity (Wildman–Crippen MR) is 29.8 cm³/mol. The van der Waals surface area contributed by atoms with Crippen molar-refractivity contribution < 1.29 is 34.4 Å². The topological polar surface area (TPSA) is 40.9 Å². The summed E-state index contributed by atoms with van der Waals surface area (Å²) >= 11 is 0. The van der Waals surface area contributed by atoms with E-state index in [9.17, 15) is 4.79 Å². The summed E-state index contributed by atoms with van der Waals surface area (Å²) in [6.45, 7) is 3.62. The molecule has 0 rings (SSSR count). The summed E-state index contributed by atoms with van der Waals surface area (Å²) in [5.74, 6) is 0.377. The second-order valence-corrected chi connectivity index (χ2v) is 1.84. The van der Waals surface area contributed by atoms with Crippen LogP contribution in [-0.4, -0.2) is 6.29 Å². The number of carbonyl (C=O) groups is 1. The zero-order valence-electron chi connectivity index (χ0n) is 6.01. The molecule has 0 aromatic heterocycles. The molecule has 0 aromatic carbocycles. The predicted octanol–water partition coefficient (Wildman–Crippen LogP) is -2.06. The molecule has 0 bridgehead atoms. The Labute approximate surface area is 77.5 Å². The largest absolute Gasteiger partial charge is 1.00 e. The Bertz CT molecular complexity index is 117. The SMILES string of the molecule is CC(C)[C-](C#N)C=O.[Na+]. The van der Waals surface area contributed by atoms with E-state index in [-0.39, 0.29) is 35.5 Å². The summed E-state index contributed by atoms with van der Waals surface area (Å²) in [7, 11) is 0. The van der Waals surface area contributed by atoms with Crippen LogP contribution in [0.25, 0.3) is 0 Å². The van der Waals surface area contributed by atoms with E-state index in [4.69, 9.17) is 5.26 Å². The van der Waals surface area contributed by atoms with Crippen molar-refractivity contribution in [1.82, 2.24) is 0 Å². The van der Waals surface area contributed by atoms with Crippen molar-refractivity contribution in [3.63, 3.8) is 0 Å². The fourth-order valence-corrected chi connectivity index (χ4v) is 0.292. The van der Waals surface area contributed by atoms with Crippen molar-refractivity contribution in [3.8, 4) is 6.07 Å². The van der Waals surface area contributed by atoms with Gasteiger partial charge in [0, 0.05) is 6.29 Å². The van der Waals surface area contributed by atoms with Crippen LogP contribution >= 0.6 is 0 Å². The molecule has 0 amide bonds. The van der Waals surface area contributed by atoms with Crippen molar-refractivity contribution in [2.45, 2.75) is 13.8 Å². The molecule has 0 N–H and O–H groups in total. The molecular weight excluding hydrogens is 125 g/mol. The van der Waals surface area contributed by atoms with Crippen LogP contribution in [0.5, 0.6) is 0 Å². The van der Waals surface area contributed by atoms with Crippen LogP contribution in [0.3, 0.4) is 0 Å². The van der Waals surface area contributed by atoms with Crippen LogP contribution in [0.2, 0.25) is 0 Å². The van der Waals surface area contributed by atoms with Crippen molar-refractivity contribution in [1.29, 1.82) is 5.26 Å². The Morgan fingerprint density at radius 3 is 2.11 bits per heavy atom. The Morgan fingerprint density at radius 2 is 2.11 bits per heavy atom. The molecule has 0 unspecified atom stereocenters. The third-order valence-corrected chi connectivity index (χ3v) is 0.878. The summed E-state index contributed by atoms with van der Waals surface area (Å²) in [4.78, 5) is 9.92. The summed E-state index contributed by atoms with van der Waals surface area (Å²) in [5, 5.41) is 8.18. The van der Waals surface area contributed by atoms with Gasteiger partial charge in [-0.15, -0.1) is 5.92 Å². The van der Waals surface area contributed by atoms with E-state index in [0.717, 1.165) is 0 Å². The van der Waals surface area contributed by atoms with Gasteiger partial charge in [0.1, 0.15) is 0 Å². The van der Waals surface area contributed by atoms with Gasteiger partial charge in [0.2, 0.25) is 0 Å². The van der Waals surface area contributed by atoms with Crippen molar-refractivity contribution in [2.24, 2.45) is 5.92 Å². The molecule has 0 saturated carbocycles. The van der Waals surface area contributed by atoms with E-state index in [1.165, 1.54) is 0 Å². The molecule has 0 atom stereocenters. The van der Waals surface area contributed by atoms with E-state index in [1.54, 1.807) is 6.07 Å². The van der Waals surface area contributed by atoms with Gasteiger partial charge in [0.05, 0.1) is 0 Å². The number of nitrogens with zero attached hydrogens (tertiary/aromatic N) is 1. The number of nitriles is 1. The minimum atomic E-state index is 0. The molecule has 0 saturated heterocycles. The molecule has 3 heteroatoms. The molecule has 0 aromatic rings. The van der Waals surface area contributed by atoms with Gasteiger partial charge in [-0.05, 0) is 0 Å². The van der Waals surface area contributed by atoms with E-state index >= 15 is 0 Å². The Morgan fingerprint density at radius 1 is 1.67 bits per heavy atom. The van der Waals surface area contributed by atoms with Crippen LogP contribution in [0.4, 0.5) is 0 Å². The fraction of sp³-hybridized carbons (Fsp3) is 0.500. The standard InChI is InChI=1S/C6H8NO.Na/c1-5(2)6(3-7)4-8;/h4-5H,1-2H3;/q-1;+1. The minimum Gasteiger partial charge on any atom is -0.337 e. The van der Waals surface area contributed by atoms with Crippen molar-refractivity contribution in [2.75, 3.05) is 0 Å². The van der Waals surface area contributed by atoms with Gasteiger partial charge in [-0.25, -0.2) is 11.2 Å². The Kier molecular flexibility index (Phi) is 8.06. The molecule has 9 heavy (non-hydrogen) atoms. The summed E-state index contributed by atoms with van der Waals surface area (Å²) in [5.41, 5.74) is 0. The molecule has 0 heterocycles. The van der Waals surface area contributed by atoms with E-state index < -0.39 is 0 Å². The average molecular weight is 133 g/mol. The van der Waals surface area contributed by atoms with Crippen molar-refractivity contribution in [3.05, 3.63) is 5.92 Å². The van der Waals surface area contributed by atoms with Crippen LogP contribution in [0, 0.1) is 23.2 Å².